The monoisotopic (exact) mass is 565 g/mol. The van der Waals surface area contributed by atoms with Gasteiger partial charge in [0.1, 0.15) is 11.0 Å². The Hall–Kier alpha value is -2.44. The van der Waals surface area contributed by atoms with E-state index in [1.165, 1.54) is 11.2 Å². The van der Waals surface area contributed by atoms with Crippen LogP contribution in [0.4, 0.5) is 31.5 Å². The van der Waals surface area contributed by atoms with Crippen LogP contribution >= 0.6 is 11.3 Å². The number of rotatable bonds is 9. The van der Waals surface area contributed by atoms with E-state index in [4.69, 9.17) is 9.47 Å². The molecule has 1 N–H and O–H groups in total. The molecule has 0 spiro atoms. The lowest BCUT2D eigenvalue weighted by Gasteiger charge is -2.33. The second kappa shape index (κ2) is 10.9. The van der Waals surface area contributed by atoms with Crippen LogP contribution in [0.25, 0.3) is 0 Å². The van der Waals surface area contributed by atoms with Gasteiger partial charge in [0.2, 0.25) is 10.0 Å². The number of alkyl halides is 6. The molecule has 3 rings (SSSR count). The van der Waals surface area contributed by atoms with Crippen molar-refractivity contribution in [2.75, 3.05) is 50.0 Å². The van der Waals surface area contributed by atoms with Crippen LogP contribution in [0.15, 0.2) is 17.2 Å². The molecule has 36 heavy (non-hydrogen) atoms. The number of H-pyrrole nitrogens is 1. The molecule has 0 unspecified atom stereocenters. The van der Waals surface area contributed by atoms with Crippen molar-refractivity contribution in [3.05, 3.63) is 33.2 Å². The first kappa shape index (κ1) is 28.1. The first-order valence-corrected chi connectivity index (χ1v) is 12.8. The molecule has 0 aliphatic carbocycles. The van der Waals surface area contributed by atoms with Gasteiger partial charge in [-0.15, -0.1) is 0 Å². The second-order valence-corrected chi connectivity index (χ2v) is 10.7. The molecule has 10 nitrogen and oxygen atoms in total. The summed E-state index contributed by atoms with van der Waals surface area (Å²) in [5.74, 6) is -1.20. The molecule has 1 aliphatic rings. The topological polar surface area (TPSA) is 118 Å². The number of aromatic nitrogens is 3. The highest BCUT2D eigenvalue weighted by atomic mass is 32.2. The standard InChI is InChI=1S/C18H21F6N5O5S2/c1-11(34-12-8-26-27-15(30)14(12)18(22,23)24)10-33-6-7-36(31,32)29-4-2-28(3-5-29)16-25-9-13(35-16)17(19,20)21/h8-9,11H,2-7,10H2,1H3,(H,27,30)/t11-/m0/s1. The number of aromatic amines is 1. The minimum Gasteiger partial charge on any atom is -0.486 e. The van der Waals surface area contributed by atoms with Crippen molar-refractivity contribution >= 4 is 26.5 Å². The van der Waals surface area contributed by atoms with Gasteiger partial charge in [0.25, 0.3) is 5.56 Å². The summed E-state index contributed by atoms with van der Waals surface area (Å²) in [6.07, 6.45) is -8.98. The van der Waals surface area contributed by atoms with Crippen LogP contribution < -0.4 is 15.2 Å². The molecular formula is C18H21F6N5O5S2. The number of nitrogens with zero attached hydrogens (tertiary/aromatic N) is 4. The Kier molecular flexibility index (Phi) is 8.51. The number of ether oxygens (including phenoxy) is 2. The van der Waals surface area contributed by atoms with Gasteiger partial charge < -0.3 is 14.4 Å². The third-order valence-electron chi connectivity index (χ3n) is 4.95. The third kappa shape index (κ3) is 7.07. The van der Waals surface area contributed by atoms with Crippen LogP contribution in [0, 0.1) is 0 Å². The van der Waals surface area contributed by atoms with E-state index in [-0.39, 0.29) is 44.5 Å². The average Bonchev–Trinajstić information content (AvgIpc) is 3.27. The molecule has 0 amide bonds. The van der Waals surface area contributed by atoms with Crippen molar-refractivity contribution in [1.82, 2.24) is 19.5 Å². The summed E-state index contributed by atoms with van der Waals surface area (Å²) in [4.78, 5) is 16.0. The fraction of sp³-hybridized carbons (Fsp3) is 0.611. The van der Waals surface area contributed by atoms with Crippen LogP contribution in [0.2, 0.25) is 0 Å². The number of halogens is 6. The smallest absolute Gasteiger partial charge is 0.427 e. The van der Waals surface area contributed by atoms with E-state index in [0.29, 0.717) is 17.5 Å². The maximum atomic E-state index is 13.1. The van der Waals surface area contributed by atoms with E-state index in [1.54, 1.807) is 10.00 Å². The molecule has 2 aromatic rings. The van der Waals surface area contributed by atoms with E-state index in [1.807, 2.05) is 0 Å². The van der Waals surface area contributed by atoms with Crippen LogP contribution in [-0.4, -0.2) is 79.2 Å². The van der Waals surface area contributed by atoms with Crippen molar-refractivity contribution < 1.29 is 44.2 Å². The predicted molar refractivity (Wildman–Crippen MR) is 115 cm³/mol. The van der Waals surface area contributed by atoms with Gasteiger partial charge in [0.05, 0.1) is 31.4 Å². The molecule has 1 saturated heterocycles. The lowest BCUT2D eigenvalue weighted by Crippen LogP contribution is -2.49. The summed E-state index contributed by atoms with van der Waals surface area (Å²) < 4.78 is 114. The Morgan fingerprint density at radius 2 is 1.78 bits per heavy atom. The number of piperazine rings is 1. The molecule has 0 bridgehead atoms. The third-order valence-corrected chi connectivity index (χ3v) is 7.88. The summed E-state index contributed by atoms with van der Waals surface area (Å²) in [5, 5.41) is 5.12. The SMILES string of the molecule is C[C@@H](COCCS(=O)(=O)N1CCN(c2ncc(C(F)(F)F)s2)CC1)Oc1cn[nH]c(=O)c1C(F)(F)F. The highest BCUT2D eigenvalue weighted by molar-refractivity contribution is 7.89. The molecule has 0 saturated carbocycles. The quantitative estimate of drug-likeness (QED) is 0.363. The average molecular weight is 566 g/mol. The number of anilines is 1. The van der Waals surface area contributed by atoms with Crippen molar-refractivity contribution in [3.8, 4) is 5.75 Å². The molecule has 2 aromatic heterocycles. The fourth-order valence-electron chi connectivity index (χ4n) is 3.23. The summed E-state index contributed by atoms with van der Waals surface area (Å²) in [6.45, 7) is 1.22. The summed E-state index contributed by atoms with van der Waals surface area (Å²) in [7, 11) is -3.76. The molecule has 202 valence electrons. The van der Waals surface area contributed by atoms with Crippen LogP contribution in [-0.2, 0) is 27.1 Å². The Morgan fingerprint density at radius 3 is 2.36 bits per heavy atom. The number of hydrogen-bond donors (Lipinski definition) is 1. The molecule has 1 aliphatic heterocycles. The van der Waals surface area contributed by atoms with E-state index in [2.05, 4.69) is 10.1 Å². The Labute approximate surface area is 204 Å². The molecule has 1 atom stereocenters. The van der Waals surface area contributed by atoms with Crippen molar-refractivity contribution in [1.29, 1.82) is 0 Å². The summed E-state index contributed by atoms with van der Waals surface area (Å²) in [6, 6.07) is 0. The summed E-state index contributed by atoms with van der Waals surface area (Å²) >= 11 is 0.483. The van der Waals surface area contributed by atoms with Gasteiger partial charge in [-0.1, -0.05) is 11.3 Å². The first-order valence-electron chi connectivity index (χ1n) is 10.3. The molecule has 1 fully saturated rings. The predicted octanol–water partition coefficient (Wildman–Crippen LogP) is 2.20. The van der Waals surface area contributed by atoms with Crippen molar-refractivity contribution in [3.63, 3.8) is 0 Å². The largest absolute Gasteiger partial charge is 0.486 e. The minimum atomic E-state index is -4.97. The van der Waals surface area contributed by atoms with Crippen LogP contribution in [0.5, 0.6) is 5.75 Å². The van der Waals surface area contributed by atoms with Gasteiger partial charge in [0, 0.05) is 26.2 Å². The van der Waals surface area contributed by atoms with Gasteiger partial charge in [-0.25, -0.2) is 18.5 Å². The van der Waals surface area contributed by atoms with Crippen LogP contribution in [0.1, 0.15) is 17.4 Å². The maximum absolute atomic E-state index is 13.1. The number of nitrogens with one attached hydrogen (secondary N) is 1. The highest BCUT2D eigenvalue weighted by Crippen LogP contribution is 2.36. The van der Waals surface area contributed by atoms with E-state index in [0.717, 1.165) is 6.20 Å². The zero-order valence-corrected chi connectivity index (χ0v) is 20.2. The zero-order chi connectivity index (χ0) is 26.7. The lowest BCUT2D eigenvalue weighted by atomic mass is 10.2. The Bertz CT molecular complexity index is 1190. The van der Waals surface area contributed by atoms with Gasteiger partial charge in [-0.3, -0.25) is 4.79 Å². The molecule has 0 radical (unpaired) electrons. The van der Waals surface area contributed by atoms with Gasteiger partial charge in [0.15, 0.2) is 16.4 Å². The Morgan fingerprint density at radius 1 is 1.11 bits per heavy atom. The molecule has 3 heterocycles. The molecular weight excluding hydrogens is 544 g/mol. The van der Waals surface area contributed by atoms with Crippen LogP contribution in [0.3, 0.4) is 0 Å². The van der Waals surface area contributed by atoms with Gasteiger partial charge in [-0.2, -0.15) is 35.7 Å². The van der Waals surface area contributed by atoms with Crippen molar-refractivity contribution in [2.24, 2.45) is 0 Å². The fourth-order valence-corrected chi connectivity index (χ4v) is 5.37. The minimum absolute atomic E-state index is 0.0402. The maximum Gasteiger partial charge on any atom is 0.427 e. The zero-order valence-electron chi connectivity index (χ0n) is 18.6. The van der Waals surface area contributed by atoms with E-state index in [9.17, 15) is 39.6 Å². The number of sulfonamides is 1. The summed E-state index contributed by atoms with van der Waals surface area (Å²) in [5.41, 5.74) is -3.01. The number of thiazole rings is 1. The van der Waals surface area contributed by atoms with Gasteiger partial charge in [-0.05, 0) is 6.92 Å². The normalized spacial score (nSPS) is 16.8. The second-order valence-electron chi connectivity index (χ2n) is 7.65. The molecule has 18 heteroatoms. The molecule has 0 aromatic carbocycles. The van der Waals surface area contributed by atoms with E-state index < -0.39 is 56.0 Å². The Balaban J connectivity index is 1.45. The van der Waals surface area contributed by atoms with Gasteiger partial charge >= 0.3 is 12.4 Å². The number of hydrogen-bond acceptors (Lipinski definition) is 9. The van der Waals surface area contributed by atoms with Crippen molar-refractivity contribution in [2.45, 2.75) is 25.4 Å². The van der Waals surface area contributed by atoms with E-state index >= 15 is 0 Å². The first-order chi connectivity index (χ1) is 16.7. The highest BCUT2D eigenvalue weighted by Gasteiger charge is 2.39. The lowest BCUT2D eigenvalue weighted by molar-refractivity contribution is -0.140.